The van der Waals surface area contributed by atoms with Gasteiger partial charge in [-0.15, -0.1) is 0 Å². The number of aromatic nitrogens is 1. The fourth-order valence-electron chi connectivity index (χ4n) is 2.25. The van der Waals surface area contributed by atoms with E-state index in [2.05, 4.69) is 15.6 Å². The highest BCUT2D eigenvalue weighted by atomic mass is 16.2. The predicted molar refractivity (Wildman–Crippen MR) is 76.7 cm³/mol. The van der Waals surface area contributed by atoms with E-state index in [1.165, 1.54) is 0 Å². The Kier molecular flexibility index (Phi) is 4.22. The first kappa shape index (κ1) is 14.3. The molecule has 2 rings (SSSR count). The van der Waals surface area contributed by atoms with Crippen molar-refractivity contribution in [3.63, 3.8) is 0 Å². The minimum Gasteiger partial charge on any atom is -0.373 e. The maximum atomic E-state index is 12.6. The molecule has 1 atom stereocenters. The Morgan fingerprint density at radius 2 is 2.30 bits per heavy atom. The Labute approximate surface area is 118 Å². The second kappa shape index (κ2) is 5.90. The van der Waals surface area contributed by atoms with Gasteiger partial charge >= 0.3 is 0 Å². The van der Waals surface area contributed by atoms with Crippen LogP contribution in [0.3, 0.4) is 0 Å². The van der Waals surface area contributed by atoms with Crippen LogP contribution < -0.4 is 10.6 Å². The molecule has 1 unspecified atom stereocenters. The van der Waals surface area contributed by atoms with E-state index in [0.29, 0.717) is 24.5 Å². The van der Waals surface area contributed by atoms with Gasteiger partial charge in [-0.3, -0.25) is 9.59 Å². The zero-order chi connectivity index (χ0) is 14.7. The molecule has 1 aliphatic heterocycles. The van der Waals surface area contributed by atoms with Crippen LogP contribution in [-0.2, 0) is 11.2 Å². The molecule has 1 fully saturated rings. The minimum atomic E-state index is -0.437. The molecule has 1 saturated heterocycles. The first-order valence-corrected chi connectivity index (χ1v) is 6.84. The third-order valence-electron chi connectivity index (χ3n) is 3.50. The number of nitrogens with one attached hydrogen (secondary N) is 2. The van der Waals surface area contributed by atoms with Gasteiger partial charge in [-0.25, -0.2) is 4.98 Å². The highest BCUT2D eigenvalue weighted by molar-refractivity contribution is 5.98. The first-order valence-electron chi connectivity index (χ1n) is 6.84. The number of pyridine rings is 1. The maximum absolute atomic E-state index is 12.6. The standard InChI is InChI=1S/C14H20N4O2/c1-4-11-7-10(8-12(15-3)17-11)14(20)18-6-5-16-13(19)9(18)2/h7-9H,4-6H2,1-3H3,(H,15,17)(H,16,19). The van der Waals surface area contributed by atoms with Crippen molar-refractivity contribution in [1.29, 1.82) is 0 Å². The summed E-state index contributed by atoms with van der Waals surface area (Å²) in [5.41, 5.74) is 1.43. The number of carbonyl (C=O) groups excluding carboxylic acids is 2. The molecular weight excluding hydrogens is 256 g/mol. The van der Waals surface area contributed by atoms with Crippen LogP contribution in [-0.4, -0.2) is 47.9 Å². The molecule has 1 aromatic heterocycles. The Morgan fingerprint density at radius 3 is 2.95 bits per heavy atom. The van der Waals surface area contributed by atoms with Crippen molar-refractivity contribution in [1.82, 2.24) is 15.2 Å². The number of rotatable bonds is 3. The van der Waals surface area contributed by atoms with Crippen molar-refractivity contribution in [2.75, 3.05) is 25.5 Å². The highest BCUT2D eigenvalue weighted by Crippen LogP contribution is 2.15. The summed E-state index contributed by atoms with van der Waals surface area (Å²) in [6, 6.07) is 3.08. The van der Waals surface area contributed by atoms with E-state index >= 15 is 0 Å². The van der Waals surface area contributed by atoms with E-state index in [1.807, 2.05) is 6.92 Å². The smallest absolute Gasteiger partial charge is 0.254 e. The van der Waals surface area contributed by atoms with Gasteiger partial charge in [-0.2, -0.15) is 0 Å². The highest BCUT2D eigenvalue weighted by Gasteiger charge is 2.30. The molecule has 20 heavy (non-hydrogen) atoms. The van der Waals surface area contributed by atoms with Crippen LogP contribution in [0.15, 0.2) is 12.1 Å². The summed E-state index contributed by atoms with van der Waals surface area (Å²) >= 11 is 0. The topological polar surface area (TPSA) is 74.3 Å². The Morgan fingerprint density at radius 1 is 1.55 bits per heavy atom. The summed E-state index contributed by atoms with van der Waals surface area (Å²) in [7, 11) is 1.77. The van der Waals surface area contributed by atoms with Gasteiger partial charge < -0.3 is 15.5 Å². The number of hydrogen-bond acceptors (Lipinski definition) is 4. The van der Waals surface area contributed by atoms with Crippen LogP contribution in [0.1, 0.15) is 29.9 Å². The van der Waals surface area contributed by atoms with Crippen molar-refractivity contribution in [3.8, 4) is 0 Å². The molecule has 0 radical (unpaired) electrons. The third kappa shape index (κ3) is 2.74. The molecule has 6 nitrogen and oxygen atoms in total. The van der Waals surface area contributed by atoms with Gasteiger partial charge in [0.05, 0.1) is 0 Å². The van der Waals surface area contributed by atoms with Crippen LogP contribution in [0.4, 0.5) is 5.82 Å². The van der Waals surface area contributed by atoms with Crippen molar-refractivity contribution < 1.29 is 9.59 Å². The van der Waals surface area contributed by atoms with Crippen LogP contribution in [0.5, 0.6) is 0 Å². The quantitative estimate of drug-likeness (QED) is 0.850. The summed E-state index contributed by atoms with van der Waals surface area (Å²) in [5, 5.41) is 5.71. The lowest BCUT2D eigenvalue weighted by atomic mass is 10.1. The van der Waals surface area contributed by atoms with Crippen LogP contribution >= 0.6 is 0 Å². The van der Waals surface area contributed by atoms with Crippen molar-refractivity contribution in [3.05, 3.63) is 23.4 Å². The number of carbonyl (C=O) groups is 2. The normalized spacial score (nSPS) is 18.6. The average Bonchev–Trinajstić information content (AvgIpc) is 2.48. The number of hydrogen-bond donors (Lipinski definition) is 2. The van der Waals surface area contributed by atoms with E-state index in [0.717, 1.165) is 12.1 Å². The Balaban J connectivity index is 2.30. The van der Waals surface area contributed by atoms with Gasteiger partial charge in [0.15, 0.2) is 0 Å². The molecule has 0 aliphatic carbocycles. The van der Waals surface area contributed by atoms with E-state index in [-0.39, 0.29) is 11.8 Å². The fourth-order valence-corrected chi connectivity index (χ4v) is 2.25. The van der Waals surface area contributed by atoms with Gasteiger partial charge in [0.1, 0.15) is 11.9 Å². The molecule has 1 aliphatic rings. The molecule has 0 bridgehead atoms. The SMILES string of the molecule is CCc1cc(C(=O)N2CCNC(=O)C2C)cc(NC)n1. The van der Waals surface area contributed by atoms with Crippen LogP contribution in [0, 0.1) is 0 Å². The van der Waals surface area contributed by atoms with Crippen LogP contribution in [0.25, 0.3) is 0 Å². The molecular formula is C14H20N4O2. The summed E-state index contributed by atoms with van der Waals surface area (Å²) in [5.74, 6) is 0.436. The van der Waals surface area contributed by atoms with Gasteiger partial charge in [-0.05, 0) is 25.5 Å². The number of piperazine rings is 1. The second-order valence-corrected chi connectivity index (χ2v) is 4.80. The number of nitrogens with zero attached hydrogens (tertiary/aromatic N) is 2. The van der Waals surface area contributed by atoms with Crippen molar-refractivity contribution in [2.24, 2.45) is 0 Å². The lowest BCUT2D eigenvalue weighted by molar-refractivity contribution is -0.127. The number of anilines is 1. The Bertz CT molecular complexity index is 508. The molecule has 1 aromatic rings. The molecule has 2 N–H and O–H groups in total. The molecule has 0 aromatic carbocycles. The zero-order valence-electron chi connectivity index (χ0n) is 12.1. The van der Waals surface area contributed by atoms with Gasteiger partial charge in [-0.1, -0.05) is 6.92 Å². The lowest BCUT2D eigenvalue weighted by Crippen LogP contribution is -2.55. The molecule has 2 heterocycles. The lowest BCUT2D eigenvalue weighted by Gasteiger charge is -2.33. The summed E-state index contributed by atoms with van der Waals surface area (Å²) in [6.07, 6.45) is 0.756. The van der Waals surface area contributed by atoms with Crippen molar-refractivity contribution in [2.45, 2.75) is 26.3 Å². The second-order valence-electron chi connectivity index (χ2n) is 4.80. The zero-order valence-corrected chi connectivity index (χ0v) is 12.1. The number of aryl methyl sites for hydroxylation is 1. The minimum absolute atomic E-state index is 0.108. The maximum Gasteiger partial charge on any atom is 0.254 e. The summed E-state index contributed by atoms with van der Waals surface area (Å²) in [4.78, 5) is 30.2. The first-order chi connectivity index (χ1) is 9.56. The molecule has 2 amide bonds. The van der Waals surface area contributed by atoms with E-state index in [9.17, 15) is 9.59 Å². The van der Waals surface area contributed by atoms with Gasteiger partial charge in [0.25, 0.3) is 5.91 Å². The fraction of sp³-hybridized carbons (Fsp3) is 0.500. The predicted octanol–water partition coefficient (Wildman–Crippen LogP) is 0.646. The molecule has 0 spiro atoms. The van der Waals surface area contributed by atoms with E-state index in [4.69, 9.17) is 0 Å². The third-order valence-corrected chi connectivity index (χ3v) is 3.50. The largest absolute Gasteiger partial charge is 0.373 e. The Hall–Kier alpha value is -2.11. The van der Waals surface area contributed by atoms with Crippen molar-refractivity contribution >= 4 is 17.6 Å². The van der Waals surface area contributed by atoms with Crippen LogP contribution in [0.2, 0.25) is 0 Å². The summed E-state index contributed by atoms with van der Waals surface area (Å²) < 4.78 is 0. The summed E-state index contributed by atoms with van der Waals surface area (Å²) in [6.45, 7) is 4.77. The van der Waals surface area contributed by atoms with Gasteiger partial charge in [0.2, 0.25) is 5.91 Å². The molecule has 108 valence electrons. The number of amides is 2. The van der Waals surface area contributed by atoms with E-state index in [1.54, 1.807) is 31.0 Å². The monoisotopic (exact) mass is 276 g/mol. The average molecular weight is 276 g/mol. The molecule has 0 saturated carbocycles. The van der Waals surface area contributed by atoms with Gasteiger partial charge in [0, 0.05) is 31.4 Å². The molecule has 6 heteroatoms. The van der Waals surface area contributed by atoms with E-state index < -0.39 is 6.04 Å².